The van der Waals surface area contributed by atoms with Crippen molar-refractivity contribution in [2.45, 2.75) is 37.7 Å². The van der Waals surface area contributed by atoms with E-state index in [1.54, 1.807) is 12.1 Å². The monoisotopic (exact) mass is 516 g/mol. The van der Waals surface area contributed by atoms with Crippen molar-refractivity contribution in [2.24, 2.45) is 0 Å². The predicted octanol–water partition coefficient (Wildman–Crippen LogP) is 4.29. The van der Waals surface area contributed by atoms with Crippen molar-refractivity contribution < 1.29 is 35.8 Å². The van der Waals surface area contributed by atoms with Crippen LogP contribution in [-0.4, -0.2) is 46.1 Å². The fourth-order valence-electron chi connectivity index (χ4n) is 4.05. The van der Waals surface area contributed by atoms with E-state index in [2.05, 4.69) is 15.2 Å². The van der Waals surface area contributed by atoms with Crippen molar-refractivity contribution in [2.75, 3.05) is 19.7 Å². The van der Waals surface area contributed by atoms with Crippen molar-refractivity contribution >= 4 is 0 Å². The highest BCUT2D eigenvalue weighted by Gasteiger charge is 2.38. The maximum atomic E-state index is 13.2. The first-order valence-electron chi connectivity index (χ1n) is 10.9. The zero-order valence-electron chi connectivity index (χ0n) is 18.7. The minimum absolute atomic E-state index is 0.0779. The van der Waals surface area contributed by atoms with Crippen molar-refractivity contribution in [3.05, 3.63) is 87.1 Å². The molecule has 7 nitrogen and oxygen atoms in total. The molecule has 3 aromatic rings. The van der Waals surface area contributed by atoms with Crippen molar-refractivity contribution in [1.29, 1.82) is 0 Å². The Bertz CT molecular complexity index is 1180. The van der Waals surface area contributed by atoms with Gasteiger partial charge in [0, 0.05) is 19.5 Å². The molecular formula is C23H22F6N4O3. The lowest BCUT2D eigenvalue weighted by molar-refractivity contribution is -0.216. The first-order valence-corrected chi connectivity index (χ1v) is 10.9. The number of morpholine rings is 1. The second-order valence-corrected chi connectivity index (χ2v) is 8.23. The van der Waals surface area contributed by atoms with Gasteiger partial charge in [0.1, 0.15) is 5.82 Å². The van der Waals surface area contributed by atoms with Crippen LogP contribution < -0.4 is 5.69 Å². The van der Waals surface area contributed by atoms with Crippen LogP contribution in [0.25, 0.3) is 0 Å². The fourth-order valence-corrected chi connectivity index (χ4v) is 4.05. The summed E-state index contributed by atoms with van der Waals surface area (Å²) in [5.41, 5.74) is -2.74. The molecular weight excluding hydrogens is 494 g/mol. The number of H-pyrrole nitrogens is 2. The number of ether oxygens (including phenoxy) is 2. The van der Waals surface area contributed by atoms with Gasteiger partial charge in [0.25, 0.3) is 0 Å². The minimum Gasteiger partial charge on any atom is -0.349 e. The molecule has 1 aliphatic rings. The van der Waals surface area contributed by atoms with Crippen LogP contribution in [-0.2, 0) is 34.9 Å². The summed E-state index contributed by atoms with van der Waals surface area (Å²) in [5, 5.41) is 6.17. The van der Waals surface area contributed by atoms with Gasteiger partial charge in [-0.3, -0.25) is 9.88 Å². The average molecular weight is 516 g/mol. The van der Waals surface area contributed by atoms with E-state index < -0.39 is 48.1 Å². The number of aromatic nitrogens is 3. The highest BCUT2D eigenvalue weighted by Crippen LogP contribution is 2.37. The Hall–Kier alpha value is -3.16. The number of halogens is 6. The molecule has 4 rings (SSSR count). The van der Waals surface area contributed by atoms with E-state index in [9.17, 15) is 31.1 Å². The minimum atomic E-state index is -4.95. The average Bonchev–Trinajstić information content (AvgIpc) is 3.25. The largest absolute Gasteiger partial charge is 0.416 e. The molecule has 1 saturated heterocycles. The Morgan fingerprint density at radius 3 is 2.28 bits per heavy atom. The molecule has 13 heteroatoms. The summed E-state index contributed by atoms with van der Waals surface area (Å²) < 4.78 is 90.9. The van der Waals surface area contributed by atoms with Gasteiger partial charge in [0.05, 0.1) is 30.4 Å². The van der Waals surface area contributed by atoms with Crippen molar-refractivity contribution in [3.63, 3.8) is 0 Å². The van der Waals surface area contributed by atoms with Gasteiger partial charge in [-0.2, -0.15) is 31.4 Å². The zero-order chi connectivity index (χ0) is 25.9. The molecule has 1 aromatic heterocycles. The molecule has 2 N–H and O–H groups in total. The number of hydrogen-bond acceptors (Lipinski definition) is 5. The Morgan fingerprint density at radius 2 is 1.69 bits per heavy atom. The highest BCUT2D eigenvalue weighted by atomic mass is 19.4. The molecule has 2 heterocycles. The van der Waals surface area contributed by atoms with E-state index in [0.29, 0.717) is 37.5 Å². The first kappa shape index (κ1) is 25.9. The summed E-state index contributed by atoms with van der Waals surface area (Å²) >= 11 is 0. The third kappa shape index (κ3) is 6.33. The van der Waals surface area contributed by atoms with Crippen molar-refractivity contribution in [1.82, 2.24) is 20.1 Å². The second-order valence-electron chi connectivity index (χ2n) is 8.23. The number of rotatable bonds is 7. The molecule has 0 bridgehead atoms. The summed E-state index contributed by atoms with van der Waals surface area (Å²) in [6, 6.07) is 9.91. The van der Waals surface area contributed by atoms with E-state index in [-0.39, 0.29) is 18.2 Å². The molecule has 1 aliphatic heterocycles. The van der Waals surface area contributed by atoms with Crippen LogP contribution in [0, 0.1) is 0 Å². The van der Waals surface area contributed by atoms with Gasteiger partial charge < -0.3 is 9.47 Å². The van der Waals surface area contributed by atoms with Crippen LogP contribution >= 0.6 is 0 Å². The van der Waals surface area contributed by atoms with Gasteiger partial charge in [0.2, 0.25) is 0 Å². The third-order valence-electron chi connectivity index (χ3n) is 5.70. The van der Waals surface area contributed by atoms with Crippen LogP contribution in [0.1, 0.15) is 34.1 Å². The van der Waals surface area contributed by atoms with Gasteiger partial charge in [-0.1, -0.05) is 30.3 Å². The van der Waals surface area contributed by atoms with Crippen LogP contribution in [0.15, 0.2) is 53.3 Å². The predicted molar refractivity (Wildman–Crippen MR) is 115 cm³/mol. The molecule has 0 amide bonds. The standard InChI is InChI=1S/C23H22F6N4O3/c24-22(25,26)16-10-14(11-17(12-16)23(27,28)29)13-36-20-19(15-4-2-1-3-5-15)33(8-9-35-20)7-6-18-30-21(34)32-31-18/h1-5,10-12,19-20H,6-9,13H2,(H2,30,31,32,34)/t19-,20+/m0/s1. The quantitative estimate of drug-likeness (QED) is 0.458. The Labute approximate surface area is 201 Å². The van der Waals surface area contributed by atoms with E-state index in [1.165, 1.54) is 0 Å². The molecule has 1 fully saturated rings. The van der Waals surface area contributed by atoms with Crippen molar-refractivity contribution in [3.8, 4) is 0 Å². The number of hydrogen-bond donors (Lipinski definition) is 2. The second kappa shape index (κ2) is 10.4. The number of aromatic amines is 2. The molecule has 0 aliphatic carbocycles. The molecule has 194 valence electrons. The van der Waals surface area contributed by atoms with E-state index in [1.807, 2.05) is 23.1 Å². The number of benzene rings is 2. The smallest absolute Gasteiger partial charge is 0.349 e. The number of nitrogens with one attached hydrogen (secondary N) is 2. The van der Waals surface area contributed by atoms with E-state index >= 15 is 0 Å². The molecule has 0 unspecified atom stereocenters. The lowest BCUT2D eigenvalue weighted by Gasteiger charge is -2.41. The summed E-state index contributed by atoms with van der Waals surface area (Å²) in [4.78, 5) is 15.9. The summed E-state index contributed by atoms with van der Waals surface area (Å²) in [5.74, 6) is 0.444. The maximum absolute atomic E-state index is 13.2. The number of nitrogens with zero attached hydrogens (tertiary/aromatic N) is 2. The Balaban J connectivity index is 1.56. The Morgan fingerprint density at radius 1 is 1.03 bits per heavy atom. The van der Waals surface area contributed by atoms with Gasteiger partial charge in [-0.05, 0) is 29.3 Å². The molecule has 2 aromatic carbocycles. The first-order chi connectivity index (χ1) is 17.0. The van der Waals surface area contributed by atoms with Crippen LogP contribution in [0.2, 0.25) is 0 Å². The fraction of sp³-hybridized carbons (Fsp3) is 0.391. The van der Waals surface area contributed by atoms with Crippen LogP contribution in [0.5, 0.6) is 0 Å². The van der Waals surface area contributed by atoms with Gasteiger partial charge in [-0.25, -0.2) is 9.89 Å². The molecule has 0 saturated carbocycles. The SMILES string of the molecule is O=c1[nH]nc(CCN2CCO[C@H](OCc3cc(C(F)(F)F)cc(C(F)(F)F)c3)[C@@H]2c2ccccc2)[nH]1. The molecule has 0 spiro atoms. The summed E-state index contributed by atoms with van der Waals surface area (Å²) in [6.45, 7) is 0.615. The zero-order valence-corrected chi connectivity index (χ0v) is 18.7. The van der Waals surface area contributed by atoms with Gasteiger partial charge in [0.15, 0.2) is 6.29 Å². The Kier molecular flexibility index (Phi) is 7.52. The van der Waals surface area contributed by atoms with Gasteiger partial charge in [-0.15, -0.1) is 0 Å². The van der Waals surface area contributed by atoms with Crippen LogP contribution in [0.3, 0.4) is 0 Å². The normalized spacial score (nSPS) is 19.5. The summed E-state index contributed by atoms with van der Waals surface area (Å²) in [6.07, 6.45) is -10.5. The maximum Gasteiger partial charge on any atom is 0.416 e. The number of alkyl halides is 6. The summed E-state index contributed by atoms with van der Waals surface area (Å²) in [7, 11) is 0. The van der Waals surface area contributed by atoms with Gasteiger partial charge >= 0.3 is 18.0 Å². The van der Waals surface area contributed by atoms with E-state index in [4.69, 9.17) is 9.47 Å². The lowest BCUT2D eigenvalue weighted by Crippen LogP contribution is -2.47. The third-order valence-corrected chi connectivity index (χ3v) is 5.70. The molecule has 36 heavy (non-hydrogen) atoms. The van der Waals surface area contributed by atoms with Crippen LogP contribution in [0.4, 0.5) is 26.3 Å². The molecule has 0 radical (unpaired) electrons. The van der Waals surface area contributed by atoms with E-state index in [0.717, 1.165) is 5.56 Å². The lowest BCUT2D eigenvalue weighted by atomic mass is 10.0. The molecule has 2 atom stereocenters. The highest BCUT2D eigenvalue weighted by molar-refractivity contribution is 5.33. The topological polar surface area (TPSA) is 83.2 Å².